The van der Waals surface area contributed by atoms with E-state index in [1.165, 1.54) is 12.1 Å². The van der Waals surface area contributed by atoms with Gasteiger partial charge in [0.05, 0.1) is 0 Å². The number of carbonyl (C=O) groups excluding carboxylic acids is 2. The molecule has 6 heteroatoms. The second-order valence-electron chi connectivity index (χ2n) is 5.77. The average Bonchev–Trinajstić information content (AvgIpc) is 3.12. The number of furan rings is 1. The Bertz CT molecular complexity index is 757. The molecule has 0 bridgehead atoms. The van der Waals surface area contributed by atoms with Gasteiger partial charge in [-0.3, -0.25) is 9.59 Å². The van der Waals surface area contributed by atoms with Crippen molar-refractivity contribution in [3.05, 3.63) is 59.5 Å². The third-order valence-electron chi connectivity index (χ3n) is 4.24. The van der Waals surface area contributed by atoms with E-state index in [-0.39, 0.29) is 29.1 Å². The molecule has 1 aliphatic rings. The summed E-state index contributed by atoms with van der Waals surface area (Å²) < 4.78 is 5.05. The highest BCUT2D eigenvalue weighted by Gasteiger charge is 2.29. The van der Waals surface area contributed by atoms with Crippen LogP contribution < -0.4 is 0 Å². The van der Waals surface area contributed by atoms with E-state index in [1.54, 1.807) is 17.0 Å². The van der Waals surface area contributed by atoms with Gasteiger partial charge in [0.15, 0.2) is 11.5 Å². The smallest absolute Gasteiger partial charge is 0.371 e. The van der Waals surface area contributed by atoms with Crippen molar-refractivity contribution in [3.63, 3.8) is 0 Å². The van der Waals surface area contributed by atoms with Gasteiger partial charge in [0.25, 0.3) is 5.91 Å². The molecule has 1 amide bonds. The Morgan fingerprint density at radius 2 is 1.58 bits per heavy atom. The Morgan fingerprint density at radius 1 is 0.958 bits per heavy atom. The maximum absolute atomic E-state index is 12.4. The molecule has 2 aromatic rings. The summed E-state index contributed by atoms with van der Waals surface area (Å²) in [5, 5.41) is 8.84. The van der Waals surface area contributed by atoms with Crippen LogP contribution in [0.4, 0.5) is 0 Å². The Labute approximate surface area is 138 Å². The van der Waals surface area contributed by atoms with Crippen LogP contribution in [0.25, 0.3) is 0 Å². The maximum atomic E-state index is 12.4. The lowest BCUT2D eigenvalue weighted by Crippen LogP contribution is -2.40. The molecule has 6 nitrogen and oxygen atoms in total. The van der Waals surface area contributed by atoms with Gasteiger partial charge in [-0.05, 0) is 25.0 Å². The fourth-order valence-corrected chi connectivity index (χ4v) is 2.91. The van der Waals surface area contributed by atoms with Crippen molar-refractivity contribution in [2.75, 3.05) is 13.1 Å². The second-order valence-corrected chi connectivity index (χ2v) is 5.77. The minimum absolute atomic E-state index is 0.0141. The van der Waals surface area contributed by atoms with Crippen molar-refractivity contribution >= 4 is 17.7 Å². The molecule has 2 heterocycles. The lowest BCUT2D eigenvalue weighted by Gasteiger charge is -2.30. The van der Waals surface area contributed by atoms with Gasteiger partial charge >= 0.3 is 5.97 Å². The lowest BCUT2D eigenvalue weighted by atomic mass is 9.89. The van der Waals surface area contributed by atoms with Crippen LogP contribution in [0, 0.1) is 5.92 Å². The van der Waals surface area contributed by atoms with E-state index in [9.17, 15) is 14.4 Å². The second kappa shape index (κ2) is 6.70. The van der Waals surface area contributed by atoms with Gasteiger partial charge in [-0.25, -0.2) is 4.79 Å². The minimum atomic E-state index is -1.21. The number of piperidine rings is 1. The molecule has 124 valence electrons. The highest BCUT2D eigenvalue weighted by Crippen LogP contribution is 2.23. The van der Waals surface area contributed by atoms with Crippen LogP contribution in [0.2, 0.25) is 0 Å². The molecule has 1 fully saturated rings. The van der Waals surface area contributed by atoms with Crippen LogP contribution >= 0.6 is 0 Å². The summed E-state index contributed by atoms with van der Waals surface area (Å²) in [7, 11) is 0. The molecule has 0 saturated carbocycles. The number of amides is 1. The van der Waals surface area contributed by atoms with Gasteiger partial charge in [-0.15, -0.1) is 0 Å². The van der Waals surface area contributed by atoms with Crippen molar-refractivity contribution in [2.45, 2.75) is 12.8 Å². The zero-order valence-corrected chi connectivity index (χ0v) is 13.0. The molecule has 3 rings (SSSR count). The third-order valence-corrected chi connectivity index (χ3v) is 4.24. The predicted octanol–water partition coefficient (Wildman–Crippen LogP) is 2.71. The summed E-state index contributed by atoms with van der Waals surface area (Å²) in [6, 6.07) is 11.8. The molecular formula is C18H17NO5. The first-order valence-corrected chi connectivity index (χ1v) is 7.78. The number of carbonyl (C=O) groups is 3. The third kappa shape index (κ3) is 3.22. The zero-order chi connectivity index (χ0) is 17.1. The van der Waals surface area contributed by atoms with E-state index >= 15 is 0 Å². The van der Waals surface area contributed by atoms with E-state index in [0.717, 1.165) is 0 Å². The molecule has 0 spiro atoms. The van der Waals surface area contributed by atoms with Gasteiger partial charge < -0.3 is 14.4 Å². The van der Waals surface area contributed by atoms with E-state index in [4.69, 9.17) is 9.52 Å². The van der Waals surface area contributed by atoms with Gasteiger partial charge in [0.2, 0.25) is 5.76 Å². The SMILES string of the molecule is O=C(O)c1ccc(C(=O)N2CCC(C(=O)c3ccccc3)CC2)o1. The molecular weight excluding hydrogens is 310 g/mol. The first-order chi connectivity index (χ1) is 11.6. The van der Waals surface area contributed by atoms with Crippen molar-refractivity contribution < 1.29 is 23.9 Å². The topological polar surface area (TPSA) is 87.8 Å². The van der Waals surface area contributed by atoms with Crippen LogP contribution in [0.3, 0.4) is 0 Å². The van der Waals surface area contributed by atoms with E-state index in [2.05, 4.69) is 0 Å². The number of likely N-dealkylation sites (tertiary alicyclic amines) is 1. The summed E-state index contributed by atoms with van der Waals surface area (Å²) in [6.45, 7) is 0.899. The first kappa shape index (κ1) is 16.0. The van der Waals surface area contributed by atoms with Crippen molar-refractivity contribution in [3.8, 4) is 0 Å². The molecule has 0 radical (unpaired) electrons. The molecule has 0 aliphatic carbocycles. The standard InChI is InChI=1S/C18H17NO5/c20-16(12-4-2-1-3-5-12)13-8-10-19(11-9-13)17(21)14-6-7-15(24-14)18(22)23/h1-7,13H,8-11H2,(H,22,23). The highest BCUT2D eigenvalue weighted by atomic mass is 16.4. The maximum Gasteiger partial charge on any atom is 0.371 e. The summed E-state index contributed by atoms with van der Waals surface area (Å²) >= 11 is 0. The predicted molar refractivity (Wildman–Crippen MR) is 85.1 cm³/mol. The van der Waals surface area contributed by atoms with Gasteiger partial charge in [0, 0.05) is 24.6 Å². The average molecular weight is 327 g/mol. The Balaban J connectivity index is 1.61. The van der Waals surface area contributed by atoms with Crippen molar-refractivity contribution in [2.24, 2.45) is 5.92 Å². The van der Waals surface area contributed by atoms with E-state index in [0.29, 0.717) is 31.5 Å². The Kier molecular flexibility index (Phi) is 4.46. The van der Waals surface area contributed by atoms with Crippen LogP contribution in [-0.4, -0.2) is 40.8 Å². The number of Topliss-reactive ketones (excluding diaryl/α,β-unsaturated/α-hetero) is 1. The van der Waals surface area contributed by atoms with Gasteiger partial charge in [-0.1, -0.05) is 30.3 Å². The number of rotatable bonds is 4. The van der Waals surface area contributed by atoms with Crippen LogP contribution in [0.15, 0.2) is 46.9 Å². The van der Waals surface area contributed by atoms with E-state index in [1.807, 2.05) is 18.2 Å². The molecule has 0 unspecified atom stereocenters. The first-order valence-electron chi connectivity index (χ1n) is 7.78. The quantitative estimate of drug-likeness (QED) is 0.872. The van der Waals surface area contributed by atoms with Crippen molar-refractivity contribution in [1.82, 2.24) is 4.90 Å². The number of ketones is 1. The summed E-state index contributed by atoms with van der Waals surface area (Å²) in [6.07, 6.45) is 1.18. The summed E-state index contributed by atoms with van der Waals surface area (Å²) in [5.41, 5.74) is 0.694. The summed E-state index contributed by atoms with van der Waals surface area (Å²) in [5.74, 6) is -1.78. The number of hydrogen-bond donors (Lipinski definition) is 1. The number of benzene rings is 1. The largest absolute Gasteiger partial charge is 0.475 e. The van der Waals surface area contributed by atoms with Crippen molar-refractivity contribution in [1.29, 1.82) is 0 Å². The Hall–Kier alpha value is -2.89. The molecule has 1 aromatic carbocycles. The van der Waals surface area contributed by atoms with Crippen LogP contribution in [0.1, 0.15) is 44.3 Å². The normalized spacial score (nSPS) is 15.2. The number of carboxylic acids is 1. The molecule has 24 heavy (non-hydrogen) atoms. The monoisotopic (exact) mass is 327 g/mol. The molecule has 1 aromatic heterocycles. The molecule has 1 N–H and O–H groups in total. The zero-order valence-electron chi connectivity index (χ0n) is 13.0. The van der Waals surface area contributed by atoms with E-state index < -0.39 is 5.97 Å². The molecule has 1 aliphatic heterocycles. The minimum Gasteiger partial charge on any atom is -0.475 e. The number of hydrogen-bond acceptors (Lipinski definition) is 4. The fraction of sp³-hybridized carbons (Fsp3) is 0.278. The Morgan fingerprint density at radius 3 is 2.17 bits per heavy atom. The number of aromatic carboxylic acids is 1. The van der Waals surface area contributed by atoms with Crippen LogP contribution in [0.5, 0.6) is 0 Å². The van der Waals surface area contributed by atoms with Crippen LogP contribution in [-0.2, 0) is 0 Å². The molecule has 0 atom stereocenters. The summed E-state index contributed by atoms with van der Waals surface area (Å²) in [4.78, 5) is 37.2. The van der Waals surface area contributed by atoms with Gasteiger partial charge in [-0.2, -0.15) is 0 Å². The number of nitrogens with zero attached hydrogens (tertiary/aromatic N) is 1. The highest BCUT2D eigenvalue weighted by molar-refractivity contribution is 5.98. The molecule has 1 saturated heterocycles. The number of carboxylic acid groups (broad SMARTS) is 1. The lowest BCUT2D eigenvalue weighted by molar-refractivity contribution is 0.0606. The fourth-order valence-electron chi connectivity index (χ4n) is 2.91. The van der Waals surface area contributed by atoms with Gasteiger partial charge in [0.1, 0.15) is 0 Å².